The third-order valence-corrected chi connectivity index (χ3v) is 6.47. The van der Waals surface area contributed by atoms with Crippen molar-refractivity contribution < 1.29 is 28.7 Å². The van der Waals surface area contributed by atoms with Crippen LogP contribution in [0.15, 0.2) is 59.7 Å². The summed E-state index contributed by atoms with van der Waals surface area (Å²) >= 11 is 0. The maximum Gasteiger partial charge on any atom is 0.469 e. The number of rotatable bonds is 8. The van der Waals surface area contributed by atoms with E-state index in [-0.39, 0.29) is 18.7 Å². The van der Waals surface area contributed by atoms with Crippen molar-refractivity contribution in [2.75, 3.05) is 32.9 Å². The summed E-state index contributed by atoms with van der Waals surface area (Å²) in [7, 11) is -4.72. The number of ether oxygens (including phenoxy) is 1. The molecule has 11 heteroatoms. The average Bonchev–Trinajstić information content (AvgIpc) is 2.89. The highest BCUT2D eigenvalue weighted by atomic mass is 31.2. The number of hydrogen-bond donors (Lipinski definition) is 4. The Kier molecular flexibility index (Phi) is 8.90. The summed E-state index contributed by atoms with van der Waals surface area (Å²) in [6.07, 6.45) is 1.20. The Morgan fingerprint density at radius 3 is 2.30 bits per heavy atom. The summed E-state index contributed by atoms with van der Waals surface area (Å²) in [6.45, 7) is 3.96. The lowest BCUT2D eigenvalue weighted by Gasteiger charge is -2.26. The maximum absolute atomic E-state index is 11.7. The van der Waals surface area contributed by atoms with Crippen molar-refractivity contribution in [3.63, 3.8) is 0 Å². The van der Waals surface area contributed by atoms with Crippen LogP contribution in [0.4, 0.5) is 0 Å². The van der Waals surface area contributed by atoms with Gasteiger partial charge in [0.05, 0.1) is 31.8 Å². The molecule has 1 aromatic heterocycles. The maximum atomic E-state index is 11.7. The van der Waals surface area contributed by atoms with Gasteiger partial charge in [-0.1, -0.05) is 36.1 Å². The van der Waals surface area contributed by atoms with E-state index in [1.54, 1.807) is 24.3 Å². The van der Waals surface area contributed by atoms with E-state index in [4.69, 9.17) is 19.0 Å². The Labute approximate surface area is 214 Å². The largest absolute Gasteiger partial charge is 0.502 e. The van der Waals surface area contributed by atoms with E-state index in [1.807, 2.05) is 12.1 Å². The number of benzene rings is 2. The molecule has 0 amide bonds. The van der Waals surface area contributed by atoms with Gasteiger partial charge in [-0.05, 0) is 35.4 Å². The molecular weight excluding hydrogens is 497 g/mol. The summed E-state index contributed by atoms with van der Waals surface area (Å²) in [4.78, 5) is 38.6. The number of aromatic nitrogens is 2. The lowest BCUT2D eigenvalue weighted by atomic mass is 9.94. The first-order chi connectivity index (χ1) is 17.8. The Bertz CT molecular complexity index is 1350. The summed E-state index contributed by atoms with van der Waals surface area (Å²) in [5, 5.41) is 10.0. The lowest BCUT2D eigenvalue weighted by Crippen LogP contribution is -2.35. The van der Waals surface area contributed by atoms with Gasteiger partial charge in [0, 0.05) is 43.1 Å². The van der Waals surface area contributed by atoms with Gasteiger partial charge in [-0.2, -0.15) is 0 Å². The highest BCUT2D eigenvalue weighted by Crippen LogP contribution is 2.38. The minimum absolute atomic E-state index is 0.0393. The molecule has 10 nitrogen and oxygen atoms in total. The molecule has 1 fully saturated rings. The number of aromatic hydroxyl groups is 1. The minimum atomic E-state index is -4.72. The third-order valence-electron chi connectivity index (χ3n) is 5.99. The first-order valence-corrected chi connectivity index (χ1v) is 13.3. The molecule has 2 heterocycles. The van der Waals surface area contributed by atoms with Crippen molar-refractivity contribution in [3.05, 3.63) is 93.2 Å². The summed E-state index contributed by atoms with van der Waals surface area (Å²) in [5.74, 6) is 5.15. The lowest BCUT2D eigenvalue weighted by molar-refractivity contribution is 0.0342. The van der Waals surface area contributed by atoms with Gasteiger partial charge < -0.3 is 24.6 Å². The molecule has 2 aromatic carbocycles. The minimum Gasteiger partial charge on any atom is -0.502 e. The van der Waals surface area contributed by atoms with E-state index in [2.05, 4.69) is 38.8 Å². The number of nitrogens with one attached hydrogen (secondary N) is 1. The second-order valence-electron chi connectivity index (χ2n) is 8.67. The van der Waals surface area contributed by atoms with Gasteiger partial charge in [0.1, 0.15) is 0 Å². The zero-order valence-electron chi connectivity index (χ0n) is 20.0. The van der Waals surface area contributed by atoms with Crippen molar-refractivity contribution in [2.45, 2.75) is 18.9 Å². The van der Waals surface area contributed by atoms with E-state index in [9.17, 15) is 14.5 Å². The molecule has 0 spiro atoms. The monoisotopic (exact) mass is 525 g/mol. The van der Waals surface area contributed by atoms with Gasteiger partial charge >= 0.3 is 7.82 Å². The number of H-pyrrole nitrogens is 1. The molecule has 4 N–H and O–H groups in total. The molecule has 0 aliphatic carbocycles. The SMILES string of the molecule is O=c1[nH]cnc(C[C@@H](COP(=O)(O)O)c2ccc(C#Cc3ccc(CN4CCOCC4)cc3)cc2)c1O. The predicted octanol–water partition coefficient (Wildman–Crippen LogP) is 2.14. The Balaban J connectivity index is 1.44. The third kappa shape index (κ3) is 8.10. The highest BCUT2D eigenvalue weighted by molar-refractivity contribution is 7.46. The fraction of sp³-hybridized carbons (Fsp3) is 0.308. The van der Waals surface area contributed by atoms with Crippen LogP contribution in [0.25, 0.3) is 0 Å². The van der Waals surface area contributed by atoms with Crippen molar-refractivity contribution >= 4 is 7.82 Å². The molecule has 0 unspecified atom stereocenters. The normalized spacial score (nSPS) is 15.1. The van der Waals surface area contributed by atoms with Crippen LogP contribution in [0, 0.1) is 11.8 Å². The van der Waals surface area contributed by atoms with Crippen molar-refractivity contribution in [1.82, 2.24) is 14.9 Å². The molecule has 0 radical (unpaired) electrons. The van der Waals surface area contributed by atoms with Gasteiger partial charge in [0.2, 0.25) is 5.75 Å². The summed E-state index contributed by atoms with van der Waals surface area (Å²) in [6, 6.07) is 15.3. The van der Waals surface area contributed by atoms with Crippen molar-refractivity contribution in [1.29, 1.82) is 0 Å². The van der Waals surface area contributed by atoms with E-state index in [0.29, 0.717) is 5.56 Å². The van der Waals surface area contributed by atoms with E-state index in [1.165, 1.54) is 5.56 Å². The number of nitrogens with zero attached hydrogens (tertiary/aromatic N) is 2. The van der Waals surface area contributed by atoms with Gasteiger partial charge in [-0.25, -0.2) is 9.55 Å². The second kappa shape index (κ2) is 12.3. The number of aromatic amines is 1. The van der Waals surface area contributed by atoms with Gasteiger partial charge in [0.25, 0.3) is 5.56 Å². The van der Waals surface area contributed by atoms with E-state index < -0.39 is 25.0 Å². The second-order valence-corrected chi connectivity index (χ2v) is 9.91. The Morgan fingerprint density at radius 1 is 1.05 bits per heavy atom. The topological polar surface area (TPSA) is 145 Å². The molecule has 0 bridgehead atoms. The summed E-state index contributed by atoms with van der Waals surface area (Å²) in [5.41, 5.74) is 2.96. The van der Waals surface area contributed by atoms with Crippen LogP contribution >= 0.6 is 7.82 Å². The summed E-state index contributed by atoms with van der Waals surface area (Å²) < 4.78 is 21.4. The molecule has 3 aromatic rings. The molecule has 1 aliphatic heterocycles. The van der Waals surface area contributed by atoms with Gasteiger partial charge in [-0.3, -0.25) is 14.2 Å². The van der Waals surface area contributed by atoms with Gasteiger partial charge in [-0.15, -0.1) is 0 Å². The van der Waals surface area contributed by atoms with Crippen molar-refractivity contribution in [3.8, 4) is 17.6 Å². The van der Waals surface area contributed by atoms with Gasteiger partial charge in [0.15, 0.2) is 0 Å². The van der Waals surface area contributed by atoms with Crippen LogP contribution in [0.1, 0.15) is 33.9 Å². The zero-order chi connectivity index (χ0) is 26.3. The first-order valence-electron chi connectivity index (χ1n) is 11.7. The van der Waals surface area contributed by atoms with Crippen molar-refractivity contribution in [2.24, 2.45) is 0 Å². The first kappa shape index (κ1) is 26.8. The Hall–Kier alpha value is -3.29. The molecule has 1 aliphatic rings. The van der Waals surface area contributed by atoms with Crippen LogP contribution in [-0.2, 0) is 26.8 Å². The molecule has 1 atom stereocenters. The Morgan fingerprint density at radius 2 is 1.68 bits per heavy atom. The molecular formula is C26H28N3O7P. The quantitative estimate of drug-likeness (QED) is 0.257. The fourth-order valence-corrected chi connectivity index (χ4v) is 4.34. The fourth-order valence-electron chi connectivity index (χ4n) is 3.97. The number of hydrogen-bond acceptors (Lipinski definition) is 7. The average molecular weight is 525 g/mol. The number of phosphoric acid groups is 1. The van der Waals surface area contributed by atoms with E-state index in [0.717, 1.165) is 50.3 Å². The highest BCUT2D eigenvalue weighted by Gasteiger charge is 2.22. The smallest absolute Gasteiger partial charge is 0.469 e. The molecule has 194 valence electrons. The van der Waals surface area contributed by atoms with Crippen LogP contribution in [0.2, 0.25) is 0 Å². The molecule has 0 saturated carbocycles. The zero-order valence-corrected chi connectivity index (χ0v) is 20.9. The number of phosphoric ester groups is 1. The molecule has 37 heavy (non-hydrogen) atoms. The van der Waals surface area contributed by atoms with Crippen LogP contribution in [-0.4, -0.2) is 62.7 Å². The standard InChI is InChI=1S/C26H28N3O7P/c30-25-24(27-18-28-26(25)31)15-23(17-36-37(32,33)34)22-9-7-20(8-10-22)2-1-19-3-5-21(6-4-19)16-29-11-13-35-14-12-29/h3-10,18,23,30H,11-17H2,(H,27,28,31)(H2,32,33,34)/t23-/m0/s1. The van der Waals surface area contributed by atoms with Crippen LogP contribution in [0.5, 0.6) is 5.75 Å². The van der Waals surface area contributed by atoms with Crippen LogP contribution in [0.3, 0.4) is 0 Å². The predicted molar refractivity (Wildman–Crippen MR) is 136 cm³/mol. The molecule has 1 saturated heterocycles. The van der Waals surface area contributed by atoms with Crippen LogP contribution < -0.4 is 5.56 Å². The van der Waals surface area contributed by atoms with E-state index >= 15 is 0 Å². The molecule has 4 rings (SSSR count). The number of morpholine rings is 1.